The van der Waals surface area contributed by atoms with Gasteiger partial charge in [-0.15, -0.1) is 5.10 Å². The molecule has 8 heteroatoms. The van der Waals surface area contributed by atoms with Crippen LogP contribution in [0.4, 0.5) is 14.5 Å². The fraction of sp³-hybridized carbons (Fsp3) is 0.357. The summed E-state index contributed by atoms with van der Waals surface area (Å²) in [5.41, 5.74) is 6.01. The van der Waals surface area contributed by atoms with Crippen molar-refractivity contribution >= 4 is 11.6 Å². The van der Waals surface area contributed by atoms with Crippen molar-refractivity contribution in [1.29, 1.82) is 0 Å². The summed E-state index contributed by atoms with van der Waals surface area (Å²) in [4.78, 5) is 11.8. The fourth-order valence-electron chi connectivity index (χ4n) is 1.83. The molecule has 1 aromatic carbocycles. The van der Waals surface area contributed by atoms with Gasteiger partial charge >= 0.3 is 0 Å². The molecule has 1 amide bonds. The van der Waals surface area contributed by atoms with Crippen molar-refractivity contribution in [2.24, 2.45) is 11.7 Å². The van der Waals surface area contributed by atoms with Crippen LogP contribution < -0.4 is 11.1 Å². The number of rotatable bonds is 5. The quantitative estimate of drug-likeness (QED) is 0.882. The van der Waals surface area contributed by atoms with Gasteiger partial charge in [-0.25, -0.2) is 13.5 Å². The van der Waals surface area contributed by atoms with Crippen molar-refractivity contribution in [1.82, 2.24) is 15.0 Å². The molecule has 0 aliphatic heterocycles. The van der Waals surface area contributed by atoms with Gasteiger partial charge in [-0.3, -0.25) is 4.79 Å². The minimum Gasteiger partial charge on any atom is -0.322 e. The lowest BCUT2D eigenvalue weighted by Crippen LogP contribution is -2.20. The standard InChI is InChI=1S/C14H17F2N5O/c1-8(2)13(17)11-6-21(20-19-11)7-12(22)18-14-9(15)4-3-5-10(14)16/h3-6,8,13H,7,17H2,1-2H3,(H,18,22). The highest BCUT2D eigenvalue weighted by Gasteiger charge is 2.16. The molecule has 0 radical (unpaired) electrons. The number of hydrogen-bond donors (Lipinski definition) is 2. The van der Waals surface area contributed by atoms with E-state index in [1.807, 2.05) is 13.8 Å². The molecular formula is C14H17F2N5O. The predicted molar refractivity (Wildman–Crippen MR) is 76.8 cm³/mol. The number of hydrogen-bond acceptors (Lipinski definition) is 4. The zero-order valence-electron chi connectivity index (χ0n) is 12.3. The van der Waals surface area contributed by atoms with Gasteiger partial charge in [0.2, 0.25) is 5.91 Å². The number of para-hydroxylation sites is 1. The van der Waals surface area contributed by atoms with Crippen LogP contribution >= 0.6 is 0 Å². The summed E-state index contributed by atoms with van der Waals surface area (Å²) in [6.45, 7) is 3.67. The number of halogens is 2. The first-order valence-corrected chi connectivity index (χ1v) is 6.78. The highest BCUT2D eigenvalue weighted by Crippen LogP contribution is 2.18. The highest BCUT2D eigenvalue weighted by molar-refractivity contribution is 5.90. The first kappa shape index (κ1) is 16.0. The summed E-state index contributed by atoms with van der Waals surface area (Å²) in [5, 5.41) is 9.86. The fourth-order valence-corrected chi connectivity index (χ4v) is 1.83. The predicted octanol–water partition coefficient (Wildman–Crippen LogP) is 1.85. The Balaban J connectivity index is 2.04. The molecule has 1 aromatic heterocycles. The summed E-state index contributed by atoms with van der Waals surface area (Å²) in [6.07, 6.45) is 1.54. The smallest absolute Gasteiger partial charge is 0.246 e. The van der Waals surface area contributed by atoms with Crippen LogP contribution in [0.1, 0.15) is 25.6 Å². The van der Waals surface area contributed by atoms with Crippen LogP contribution in [0.5, 0.6) is 0 Å². The number of nitrogens with one attached hydrogen (secondary N) is 1. The van der Waals surface area contributed by atoms with E-state index in [0.717, 1.165) is 12.1 Å². The van der Waals surface area contributed by atoms with E-state index >= 15 is 0 Å². The Hall–Kier alpha value is -2.35. The topological polar surface area (TPSA) is 85.8 Å². The van der Waals surface area contributed by atoms with Gasteiger partial charge in [0, 0.05) is 0 Å². The van der Waals surface area contributed by atoms with Crippen LogP contribution in [0.15, 0.2) is 24.4 Å². The molecule has 1 unspecified atom stereocenters. The molecule has 6 nitrogen and oxygen atoms in total. The normalized spacial score (nSPS) is 12.5. The summed E-state index contributed by atoms with van der Waals surface area (Å²) < 4.78 is 28.2. The monoisotopic (exact) mass is 309 g/mol. The van der Waals surface area contributed by atoms with Crippen LogP contribution in [0.3, 0.4) is 0 Å². The second-order valence-electron chi connectivity index (χ2n) is 5.26. The minimum atomic E-state index is -0.838. The summed E-state index contributed by atoms with van der Waals surface area (Å²) in [7, 11) is 0. The molecule has 1 atom stereocenters. The van der Waals surface area contributed by atoms with Gasteiger partial charge < -0.3 is 11.1 Å². The molecule has 3 N–H and O–H groups in total. The van der Waals surface area contributed by atoms with Crippen molar-refractivity contribution in [2.75, 3.05) is 5.32 Å². The van der Waals surface area contributed by atoms with Crippen molar-refractivity contribution in [3.63, 3.8) is 0 Å². The number of carbonyl (C=O) groups is 1. The van der Waals surface area contributed by atoms with Crippen LogP contribution in [-0.2, 0) is 11.3 Å². The van der Waals surface area contributed by atoms with Gasteiger partial charge in [0.1, 0.15) is 23.9 Å². The van der Waals surface area contributed by atoms with Gasteiger partial charge in [0.05, 0.1) is 17.9 Å². The van der Waals surface area contributed by atoms with E-state index in [2.05, 4.69) is 15.6 Å². The number of amides is 1. The Morgan fingerprint density at radius 1 is 1.36 bits per heavy atom. The van der Waals surface area contributed by atoms with Crippen molar-refractivity contribution in [2.45, 2.75) is 26.4 Å². The summed E-state index contributed by atoms with van der Waals surface area (Å²) >= 11 is 0. The van der Waals surface area contributed by atoms with Gasteiger partial charge in [-0.05, 0) is 18.1 Å². The minimum absolute atomic E-state index is 0.173. The number of anilines is 1. The Labute approximate surface area is 126 Å². The highest BCUT2D eigenvalue weighted by atomic mass is 19.1. The molecule has 0 aliphatic carbocycles. The largest absolute Gasteiger partial charge is 0.322 e. The maximum absolute atomic E-state index is 13.4. The Kier molecular flexibility index (Phi) is 4.81. The molecule has 22 heavy (non-hydrogen) atoms. The Morgan fingerprint density at radius 3 is 2.59 bits per heavy atom. The van der Waals surface area contributed by atoms with Gasteiger partial charge in [-0.2, -0.15) is 0 Å². The van der Waals surface area contributed by atoms with E-state index in [1.54, 1.807) is 6.20 Å². The van der Waals surface area contributed by atoms with Crippen molar-refractivity contribution in [3.8, 4) is 0 Å². The van der Waals surface area contributed by atoms with Crippen molar-refractivity contribution < 1.29 is 13.6 Å². The zero-order valence-corrected chi connectivity index (χ0v) is 12.3. The molecule has 0 saturated heterocycles. The summed E-state index contributed by atoms with van der Waals surface area (Å²) in [6, 6.07) is 3.06. The number of benzene rings is 1. The van der Waals surface area contributed by atoms with Gasteiger partial charge in [0.15, 0.2) is 0 Å². The molecule has 0 saturated carbocycles. The van der Waals surface area contributed by atoms with Gasteiger partial charge in [0.25, 0.3) is 0 Å². The van der Waals surface area contributed by atoms with E-state index < -0.39 is 23.2 Å². The molecule has 0 spiro atoms. The van der Waals surface area contributed by atoms with E-state index in [0.29, 0.717) is 5.69 Å². The summed E-state index contributed by atoms with van der Waals surface area (Å²) in [5.74, 6) is -2.12. The average Bonchev–Trinajstić information content (AvgIpc) is 2.90. The second-order valence-corrected chi connectivity index (χ2v) is 5.26. The van der Waals surface area contributed by atoms with Gasteiger partial charge in [-0.1, -0.05) is 25.1 Å². The lowest BCUT2D eigenvalue weighted by atomic mass is 10.0. The van der Waals surface area contributed by atoms with Crippen LogP contribution in [0.2, 0.25) is 0 Å². The molecule has 0 aliphatic rings. The zero-order chi connectivity index (χ0) is 16.3. The molecule has 0 bridgehead atoms. The van der Waals surface area contributed by atoms with E-state index in [9.17, 15) is 13.6 Å². The number of carbonyl (C=O) groups excluding carboxylic acids is 1. The molecule has 1 heterocycles. The van der Waals surface area contributed by atoms with E-state index in [1.165, 1.54) is 10.7 Å². The van der Waals surface area contributed by atoms with E-state index in [4.69, 9.17) is 5.73 Å². The Bertz CT molecular complexity index is 651. The molecule has 2 rings (SSSR count). The maximum Gasteiger partial charge on any atom is 0.246 e. The third-order valence-corrected chi connectivity index (χ3v) is 3.15. The van der Waals surface area contributed by atoms with Crippen molar-refractivity contribution in [3.05, 3.63) is 41.7 Å². The lowest BCUT2D eigenvalue weighted by Gasteiger charge is -2.11. The van der Waals surface area contributed by atoms with Crippen LogP contribution in [-0.4, -0.2) is 20.9 Å². The number of nitrogens with two attached hydrogens (primary N) is 1. The molecule has 2 aromatic rings. The second kappa shape index (κ2) is 6.61. The SMILES string of the molecule is CC(C)C(N)c1cn(CC(=O)Nc2c(F)cccc2F)nn1. The molecule has 0 fully saturated rings. The maximum atomic E-state index is 13.4. The van der Waals surface area contributed by atoms with Crippen LogP contribution in [0.25, 0.3) is 0 Å². The van der Waals surface area contributed by atoms with Crippen LogP contribution in [0, 0.1) is 17.6 Å². The third-order valence-electron chi connectivity index (χ3n) is 3.15. The molecular weight excluding hydrogens is 292 g/mol. The first-order valence-electron chi connectivity index (χ1n) is 6.78. The third kappa shape index (κ3) is 3.64. The van der Waals surface area contributed by atoms with E-state index in [-0.39, 0.29) is 18.5 Å². The number of nitrogens with zero attached hydrogens (tertiary/aromatic N) is 3. The average molecular weight is 309 g/mol. The number of aromatic nitrogens is 3. The lowest BCUT2D eigenvalue weighted by molar-refractivity contribution is -0.117. The Morgan fingerprint density at radius 2 is 2.00 bits per heavy atom. The molecule has 118 valence electrons. The first-order chi connectivity index (χ1) is 10.4.